The number of hydrogen-bond acceptors (Lipinski definition) is 5. The first-order valence-corrected chi connectivity index (χ1v) is 9.96. The Hall–Kier alpha value is -0.430. The van der Waals surface area contributed by atoms with Gasteiger partial charge in [-0.15, -0.1) is 35.3 Å². The van der Waals surface area contributed by atoms with Crippen LogP contribution in [-0.2, 0) is 21.3 Å². The number of thiophene rings is 1. The summed E-state index contributed by atoms with van der Waals surface area (Å²) >= 11 is 1.14. The summed E-state index contributed by atoms with van der Waals surface area (Å²) < 4.78 is 28.5. The van der Waals surface area contributed by atoms with Crippen molar-refractivity contribution < 1.29 is 13.2 Å². The van der Waals surface area contributed by atoms with Gasteiger partial charge in [-0.2, -0.15) is 0 Å². The zero-order valence-electron chi connectivity index (χ0n) is 13.9. The molecule has 2 rings (SSSR count). The number of halogens is 1. The Bertz CT molecular complexity index is 655. The Morgan fingerprint density at radius 1 is 1.46 bits per heavy atom. The van der Waals surface area contributed by atoms with E-state index in [9.17, 15) is 8.42 Å². The van der Waals surface area contributed by atoms with Crippen molar-refractivity contribution in [2.75, 3.05) is 19.7 Å². The molecule has 0 spiro atoms. The summed E-state index contributed by atoms with van der Waals surface area (Å²) in [5.41, 5.74) is -0.153. The molecule has 1 aliphatic heterocycles. The molecule has 138 valence electrons. The molecule has 0 aliphatic carbocycles. The van der Waals surface area contributed by atoms with Gasteiger partial charge in [0.1, 0.15) is 4.21 Å². The van der Waals surface area contributed by atoms with Crippen LogP contribution in [0.5, 0.6) is 0 Å². The lowest BCUT2D eigenvalue weighted by Gasteiger charge is -2.24. The minimum absolute atomic E-state index is 0. The van der Waals surface area contributed by atoms with E-state index in [1.54, 1.807) is 6.07 Å². The maximum absolute atomic E-state index is 11.3. The van der Waals surface area contributed by atoms with Crippen molar-refractivity contribution in [2.24, 2.45) is 10.1 Å². The van der Waals surface area contributed by atoms with Crippen molar-refractivity contribution in [3.63, 3.8) is 0 Å². The standard InChI is InChI=1S/C14H24N4O3S2.HI/c1-3-16-13(18-10-14(2)7-4-8-21-14)17-9-11-5-6-12(22-11)23(15,19)20;/h5-6H,3-4,7-10H2,1-2H3,(H2,15,19,20)(H2,16,17,18);1H. The summed E-state index contributed by atoms with van der Waals surface area (Å²) in [4.78, 5) is 5.33. The van der Waals surface area contributed by atoms with E-state index in [4.69, 9.17) is 9.88 Å². The Kier molecular flexibility index (Phi) is 8.39. The molecule has 1 atom stereocenters. The first-order chi connectivity index (χ1) is 10.8. The molecule has 0 amide bonds. The van der Waals surface area contributed by atoms with E-state index in [-0.39, 0.29) is 33.8 Å². The lowest BCUT2D eigenvalue weighted by Crippen LogP contribution is -2.45. The second-order valence-corrected chi connectivity index (χ2v) is 8.67. The average molecular weight is 488 g/mol. The predicted octanol–water partition coefficient (Wildman–Crippen LogP) is 1.64. The molecule has 1 fully saturated rings. The van der Waals surface area contributed by atoms with Gasteiger partial charge in [-0.05, 0) is 38.8 Å². The zero-order chi connectivity index (χ0) is 16.9. The van der Waals surface area contributed by atoms with Gasteiger partial charge in [0.15, 0.2) is 5.96 Å². The van der Waals surface area contributed by atoms with Gasteiger partial charge < -0.3 is 15.4 Å². The zero-order valence-corrected chi connectivity index (χ0v) is 17.8. The highest BCUT2D eigenvalue weighted by Gasteiger charge is 2.29. The lowest BCUT2D eigenvalue weighted by atomic mass is 10.0. The largest absolute Gasteiger partial charge is 0.373 e. The molecule has 4 N–H and O–H groups in total. The molecular weight excluding hydrogens is 463 g/mol. The van der Waals surface area contributed by atoms with Crippen LogP contribution in [-0.4, -0.2) is 39.7 Å². The molecule has 2 heterocycles. The smallest absolute Gasteiger partial charge is 0.247 e. The Balaban J connectivity index is 0.00000288. The number of rotatable bonds is 6. The van der Waals surface area contributed by atoms with Gasteiger partial charge in [0.05, 0.1) is 12.1 Å². The normalized spacial score (nSPS) is 21.4. The third-order valence-electron chi connectivity index (χ3n) is 3.58. The van der Waals surface area contributed by atoms with Crippen molar-refractivity contribution in [2.45, 2.75) is 43.0 Å². The summed E-state index contributed by atoms with van der Waals surface area (Å²) in [7, 11) is -3.64. The average Bonchev–Trinajstić information content (AvgIpc) is 3.11. The van der Waals surface area contributed by atoms with Crippen LogP contribution in [0, 0.1) is 0 Å². The molecule has 1 aromatic rings. The molecule has 0 aromatic carbocycles. The van der Waals surface area contributed by atoms with E-state index in [2.05, 4.69) is 22.5 Å². The lowest BCUT2D eigenvalue weighted by molar-refractivity contribution is 0.0243. The van der Waals surface area contributed by atoms with Gasteiger partial charge in [0, 0.05) is 24.6 Å². The van der Waals surface area contributed by atoms with Crippen molar-refractivity contribution in [3.05, 3.63) is 17.0 Å². The molecule has 10 heteroatoms. The van der Waals surface area contributed by atoms with Crippen LogP contribution in [0.3, 0.4) is 0 Å². The number of nitrogens with one attached hydrogen (secondary N) is 2. The fourth-order valence-electron chi connectivity index (χ4n) is 2.34. The van der Waals surface area contributed by atoms with E-state index < -0.39 is 10.0 Å². The minimum atomic E-state index is -3.64. The van der Waals surface area contributed by atoms with E-state index in [0.29, 0.717) is 19.0 Å². The van der Waals surface area contributed by atoms with Gasteiger partial charge in [0.25, 0.3) is 0 Å². The third kappa shape index (κ3) is 6.47. The summed E-state index contributed by atoms with van der Waals surface area (Å²) in [5.74, 6) is 0.690. The molecule has 0 bridgehead atoms. The second kappa shape index (κ2) is 9.32. The maximum Gasteiger partial charge on any atom is 0.247 e. The highest BCUT2D eigenvalue weighted by Crippen LogP contribution is 2.24. The Morgan fingerprint density at radius 3 is 2.75 bits per heavy atom. The topological polar surface area (TPSA) is 106 Å². The number of guanidine groups is 1. The van der Waals surface area contributed by atoms with Crippen LogP contribution in [0.25, 0.3) is 0 Å². The van der Waals surface area contributed by atoms with E-state index in [1.807, 2.05) is 6.92 Å². The highest BCUT2D eigenvalue weighted by molar-refractivity contribution is 14.0. The van der Waals surface area contributed by atoms with Gasteiger partial charge in [0.2, 0.25) is 10.0 Å². The maximum atomic E-state index is 11.3. The highest BCUT2D eigenvalue weighted by atomic mass is 127. The summed E-state index contributed by atoms with van der Waals surface area (Å²) in [6.07, 6.45) is 2.11. The molecule has 0 radical (unpaired) electrons. The van der Waals surface area contributed by atoms with Gasteiger partial charge >= 0.3 is 0 Å². The number of hydrogen-bond donors (Lipinski definition) is 3. The number of nitrogens with two attached hydrogens (primary N) is 1. The fraction of sp³-hybridized carbons (Fsp3) is 0.643. The quantitative estimate of drug-likeness (QED) is 0.321. The first kappa shape index (κ1) is 21.6. The third-order valence-corrected chi connectivity index (χ3v) is 6.09. The van der Waals surface area contributed by atoms with Crippen molar-refractivity contribution in [3.8, 4) is 0 Å². The molecule has 1 unspecified atom stereocenters. The van der Waals surface area contributed by atoms with Crippen LogP contribution in [0.1, 0.15) is 31.6 Å². The number of nitrogens with zero attached hydrogens (tertiary/aromatic N) is 1. The number of sulfonamides is 1. The van der Waals surface area contributed by atoms with Crippen molar-refractivity contribution in [1.29, 1.82) is 0 Å². The monoisotopic (exact) mass is 488 g/mol. The minimum Gasteiger partial charge on any atom is -0.373 e. The fourth-order valence-corrected chi connectivity index (χ4v) is 4.04. The Labute approximate surface area is 164 Å². The van der Waals surface area contributed by atoms with Crippen LogP contribution in [0.2, 0.25) is 0 Å². The molecule has 24 heavy (non-hydrogen) atoms. The molecule has 1 aliphatic rings. The Morgan fingerprint density at radius 2 is 2.21 bits per heavy atom. The summed E-state index contributed by atoms with van der Waals surface area (Å²) in [6, 6.07) is 3.25. The van der Waals surface area contributed by atoms with E-state index >= 15 is 0 Å². The van der Waals surface area contributed by atoms with Gasteiger partial charge in [-0.3, -0.25) is 0 Å². The van der Waals surface area contributed by atoms with Crippen molar-refractivity contribution in [1.82, 2.24) is 10.6 Å². The van der Waals surface area contributed by atoms with Crippen molar-refractivity contribution >= 4 is 51.3 Å². The molecule has 7 nitrogen and oxygen atoms in total. The second-order valence-electron chi connectivity index (χ2n) is 5.72. The molecular formula is C14H25IN4O3S2. The van der Waals surface area contributed by atoms with Crippen LogP contribution < -0.4 is 15.8 Å². The van der Waals surface area contributed by atoms with E-state index in [1.165, 1.54) is 6.07 Å². The molecule has 0 saturated carbocycles. The van der Waals surface area contributed by atoms with E-state index in [0.717, 1.165) is 42.2 Å². The number of primary sulfonamides is 1. The predicted molar refractivity (Wildman–Crippen MR) is 108 cm³/mol. The number of aliphatic imine (C=N–C) groups is 1. The van der Waals surface area contributed by atoms with Crippen LogP contribution in [0.15, 0.2) is 21.3 Å². The first-order valence-electron chi connectivity index (χ1n) is 7.60. The van der Waals surface area contributed by atoms with Crippen LogP contribution >= 0.6 is 35.3 Å². The number of ether oxygens (including phenoxy) is 1. The molecule has 1 saturated heterocycles. The summed E-state index contributed by atoms with van der Waals surface area (Å²) in [5, 5.41) is 11.6. The van der Waals surface area contributed by atoms with Gasteiger partial charge in [-0.25, -0.2) is 18.5 Å². The van der Waals surface area contributed by atoms with Gasteiger partial charge in [-0.1, -0.05) is 0 Å². The molecule has 1 aromatic heterocycles. The SMILES string of the molecule is CCNC(=NCc1ccc(S(N)(=O)=O)s1)NCC1(C)CCCO1.I. The summed E-state index contributed by atoms with van der Waals surface area (Å²) in [6.45, 7) is 6.72. The van der Waals surface area contributed by atoms with Crippen LogP contribution in [0.4, 0.5) is 0 Å².